The molecule has 0 bridgehead atoms. The molecule has 33 heavy (non-hydrogen) atoms. The highest BCUT2D eigenvalue weighted by Gasteiger charge is 2.26. The second-order valence-electron chi connectivity index (χ2n) is 9.64. The van der Waals surface area contributed by atoms with Crippen molar-refractivity contribution in [2.75, 3.05) is 51.8 Å². The Balaban J connectivity index is 1.58. The first-order chi connectivity index (χ1) is 16.0. The lowest BCUT2D eigenvalue weighted by atomic mass is 9.99. The molecule has 6 nitrogen and oxygen atoms in total. The summed E-state index contributed by atoms with van der Waals surface area (Å²) in [5, 5.41) is 3.24. The maximum Gasteiger partial charge on any atom is 0.253 e. The van der Waals surface area contributed by atoms with Crippen LogP contribution in [-0.2, 0) is 11.3 Å². The number of nitrogens with zero attached hydrogens (tertiary/aromatic N) is 2. The summed E-state index contributed by atoms with van der Waals surface area (Å²) in [6.45, 7) is 4.82. The van der Waals surface area contributed by atoms with Crippen molar-refractivity contribution in [3.05, 3.63) is 53.6 Å². The molecule has 2 aromatic rings. The van der Waals surface area contributed by atoms with Crippen molar-refractivity contribution in [1.82, 2.24) is 10.2 Å². The van der Waals surface area contributed by atoms with Crippen molar-refractivity contribution in [3.8, 4) is 11.1 Å². The molecule has 0 radical (unpaired) electrons. The van der Waals surface area contributed by atoms with E-state index in [-0.39, 0.29) is 11.9 Å². The number of hydrogen-bond acceptors (Lipinski definition) is 5. The Morgan fingerprint density at radius 3 is 2.55 bits per heavy atom. The van der Waals surface area contributed by atoms with E-state index in [1.165, 1.54) is 24.0 Å². The molecule has 2 aliphatic rings. The number of ether oxygens (including phenoxy) is 1. The molecule has 0 aromatic heterocycles. The molecule has 4 rings (SSSR count). The maximum atomic E-state index is 13.2. The molecule has 2 fully saturated rings. The van der Waals surface area contributed by atoms with E-state index in [4.69, 9.17) is 10.5 Å². The highest BCUT2D eigenvalue weighted by molar-refractivity contribution is 6.01. The quantitative estimate of drug-likeness (QED) is 0.580. The van der Waals surface area contributed by atoms with Crippen molar-refractivity contribution >= 4 is 11.6 Å². The average Bonchev–Trinajstić information content (AvgIpc) is 3.63. The van der Waals surface area contributed by atoms with Crippen molar-refractivity contribution < 1.29 is 9.53 Å². The van der Waals surface area contributed by atoms with Crippen LogP contribution in [0.15, 0.2) is 42.5 Å². The van der Waals surface area contributed by atoms with Gasteiger partial charge in [0.05, 0.1) is 5.56 Å². The predicted molar refractivity (Wildman–Crippen MR) is 135 cm³/mol. The van der Waals surface area contributed by atoms with E-state index in [2.05, 4.69) is 65.6 Å². The molecule has 1 aliphatic carbocycles. The fraction of sp³-hybridized carbons (Fsp3) is 0.519. The molecular weight excluding hydrogens is 412 g/mol. The van der Waals surface area contributed by atoms with Crippen molar-refractivity contribution in [1.29, 1.82) is 0 Å². The van der Waals surface area contributed by atoms with Crippen molar-refractivity contribution in [3.63, 3.8) is 0 Å². The lowest BCUT2D eigenvalue weighted by Gasteiger charge is -2.26. The molecule has 6 heteroatoms. The zero-order valence-electron chi connectivity index (χ0n) is 20.1. The maximum absolute atomic E-state index is 13.2. The van der Waals surface area contributed by atoms with Gasteiger partial charge in [-0.15, -0.1) is 0 Å². The third kappa shape index (κ3) is 6.56. The molecular formula is C27H38N4O2. The van der Waals surface area contributed by atoms with Gasteiger partial charge in [0, 0.05) is 58.2 Å². The summed E-state index contributed by atoms with van der Waals surface area (Å²) < 4.78 is 5.44. The van der Waals surface area contributed by atoms with Gasteiger partial charge in [-0.25, -0.2) is 0 Å². The number of nitrogens with one attached hydrogen (secondary N) is 1. The van der Waals surface area contributed by atoms with Crippen LogP contribution in [0, 0.1) is 5.92 Å². The van der Waals surface area contributed by atoms with Gasteiger partial charge in [0.2, 0.25) is 0 Å². The first kappa shape index (κ1) is 23.7. The summed E-state index contributed by atoms with van der Waals surface area (Å²) in [7, 11) is 4.21. The molecule has 3 N–H and O–H groups in total. The number of likely N-dealkylation sites (N-methyl/N-ethyl adjacent to an activating group) is 1. The minimum absolute atomic E-state index is 0.0169. The van der Waals surface area contributed by atoms with Crippen LogP contribution in [0.2, 0.25) is 0 Å². The summed E-state index contributed by atoms with van der Waals surface area (Å²) in [4.78, 5) is 17.7. The first-order valence-corrected chi connectivity index (χ1v) is 12.2. The molecule has 1 amide bonds. The van der Waals surface area contributed by atoms with E-state index in [9.17, 15) is 4.79 Å². The fourth-order valence-corrected chi connectivity index (χ4v) is 4.57. The van der Waals surface area contributed by atoms with Crippen LogP contribution >= 0.6 is 0 Å². The number of carbonyl (C=O) groups excluding carboxylic acids is 1. The molecule has 0 spiro atoms. The number of anilines is 1. The van der Waals surface area contributed by atoms with Crippen molar-refractivity contribution in [2.45, 2.75) is 38.3 Å². The standard InChI is InChI=1S/C27H38N4O2/c1-30(13-12-28)18-21-4-3-5-22(16-21)23-8-9-25(26(17-23)31(2)19-20-6-7-20)27(32)29-24-10-14-33-15-11-24/h3-5,8-9,16-17,20,24H,6-7,10-15,18-19,28H2,1-2H3,(H,29,32). The number of amides is 1. The van der Waals surface area contributed by atoms with Crippen LogP contribution in [0.1, 0.15) is 41.6 Å². The second-order valence-corrected chi connectivity index (χ2v) is 9.64. The summed E-state index contributed by atoms with van der Waals surface area (Å²) in [5.41, 5.74) is 11.0. The van der Waals surface area contributed by atoms with E-state index >= 15 is 0 Å². The van der Waals surface area contributed by atoms with E-state index < -0.39 is 0 Å². The topological polar surface area (TPSA) is 70.8 Å². The number of benzene rings is 2. The normalized spacial score (nSPS) is 16.7. The van der Waals surface area contributed by atoms with Crippen LogP contribution in [0.5, 0.6) is 0 Å². The molecule has 2 aromatic carbocycles. The first-order valence-electron chi connectivity index (χ1n) is 12.2. The predicted octanol–water partition coefficient (Wildman–Crippen LogP) is 3.50. The number of nitrogens with two attached hydrogens (primary N) is 1. The smallest absolute Gasteiger partial charge is 0.253 e. The Morgan fingerprint density at radius 2 is 1.82 bits per heavy atom. The van der Waals surface area contributed by atoms with Gasteiger partial charge in [-0.3, -0.25) is 4.79 Å². The molecule has 1 heterocycles. The third-order valence-corrected chi connectivity index (χ3v) is 6.66. The molecule has 1 saturated heterocycles. The SMILES string of the molecule is CN(CCN)Cc1cccc(-c2ccc(C(=O)NC3CCOCC3)c(N(C)CC3CC3)c2)c1. The Bertz CT molecular complexity index is 937. The van der Waals surface area contributed by atoms with E-state index in [1.54, 1.807) is 0 Å². The van der Waals surface area contributed by atoms with Crippen molar-refractivity contribution in [2.24, 2.45) is 11.7 Å². The largest absolute Gasteiger partial charge is 0.381 e. The van der Waals surface area contributed by atoms with Crippen LogP contribution < -0.4 is 16.0 Å². The Labute approximate surface area is 198 Å². The van der Waals surface area contributed by atoms with Gasteiger partial charge in [-0.2, -0.15) is 0 Å². The summed E-state index contributed by atoms with van der Waals surface area (Å²) in [5.74, 6) is 0.759. The number of carbonyl (C=O) groups is 1. The zero-order valence-corrected chi connectivity index (χ0v) is 20.1. The van der Waals surface area contributed by atoms with Gasteiger partial charge in [-0.1, -0.05) is 24.3 Å². The van der Waals surface area contributed by atoms with E-state index in [0.717, 1.165) is 68.4 Å². The average molecular weight is 451 g/mol. The minimum Gasteiger partial charge on any atom is -0.381 e. The van der Waals surface area contributed by atoms with Gasteiger partial charge in [0.15, 0.2) is 0 Å². The lowest BCUT2D eigenvalue weighted by Crippen LogP contribution is -2.39. The van der Waals surface area contributed by atoms with Gasteiger partial charge in [0.1, 0.15) is 0 Å². The van der Waals surface area contributed by atoms with Crippen LogP contribution in [0.3, 0.4) is 0 Å². The summed E-state index contributed by atoms with van der Waals surface area (Å²) in [6, 6.07) is 15.1. The Hall–Kier alpha value is -2.41. The van der Waals surface area contributed by atoms with Gasteiger partial charge in [-0.05, 0) is 73.5 Å². The van der Waals surface area contributed by atoms with Crippen LogP contribution in [0.25, 0.3) is 11.1 Å². The van der Waals surface area contributed by atoms with Crippen LogP contribution in [0.4, 0.5) is 5.69 Å². The lowest BCUT2D eigenvalue weighted by molar-refractivity contribution is 0.0696. The summed E-state index contributed by atoms with van der Waals surface area (Å²) in [6.07, 6.45) is 4.32. The Morgan fingerprint density at radius 1 is 1.06 bits per heavy atom. The molecule has 178 valence electrons. The molecule has 1 aliphatic heterocycles. The summed E-state index contributed by atoms with van der Waals surface area (Å²) >= 11 is 0. The number of hydrogen-bond donors (Lipinski definition) is 2. The monoisotopic (exact) mass is 450 g/mol. The van der Waals surface area contributed by atoms with Crippen LogP contribution in [-0.4, -0.2) is 63.8 Å². The molecule has 1 saturated carbocycles. The molecule has 0 unspecified atom stereocenters. The number of rotatable bonds is 10. The minimum atomic E-state index is 0.0169. The zero-order chi connectivity index (χ0) is 23.2. The van der Waals surface area contributed by atoms with Gasteiger partial charge >= 0.3 is 0 Å². The second kappa shape index (κ2) is 11.1. The van der Waals surface area contributed by atoms with E-state index in [1.807, 2.05) is 6.07 Å². The van der Waals surface area contributed by atoms with E-state index in [0.29, 0.717) is 6.54 Å². The highest BCUT2D eigenvalue weighted by atomic mass is 16.5. The third-order valence-electron chi connectivity index (χ3n) is 6.66. The fourth-order valence-electron chi connectivity index (χ4n) is 4.57. The molecule has 0 atom stereocenters. The highest BCUT2D eigenvalue weighted by Crippen LogP contribution is 2.34. The van der Waals surface area contributed by atoms with Gasteiger partial charge in [0.25, 0.3) is 5.91 Å². The Kier molecular flexibility index (Phi) is 8.02. The van der Waals surface area contributed by atoms with Gasteiger partial charge < -0.3 is 25.6 Å².